The Hall–Kier alpha value is -2.50. The van der Waals surface area contributed by atoms with Crippen molar-refractivity contribution < 1.29 is 9.47 Å². The topological polar surface area (TPSA) is 60.0 Å². The summed E-state index contributed by atoms with van der Waals surface area (Å²) in [6, 6.07) is 10.2. The fraction of sp³-hybridized carbons (Fsp3) is 0.158. The molecule has 0 radical (unpaired) electrons. The number of imidazole rings is 1. The number of halogens is 2. The summed E-state index contributed by atoms with van der Waals surface area (Å²) in [5, 5.41) is 2.15. The molecule has 0 spiro atoms. The summed E-state index contributed by atoms with van der Waals surface area (Å²) in [7, 11) is 3.29. The van der Waals surface area contributed by atoms with Crippen LogP contribution in [0.15, 0.2) is 49.1 Å². The lowest BCUT2D eigenvalue weighted by Gasteiger charge is -2.12. The molecule has 7 heteroatoms. The Morgan fingerprint density at radius 1 is 0.962 bits per heavy atom. The zero-order chi connectivity index (χ0) is 16.5. The molecule has 0 aliphatic heterocycles. The highest BCUT2D eigenvalue weighted by Gasteiger charge is 2.10. The van der Waals surface area contributed by atoms with Crippen LogP contribution >= 0.6 is 24.8 Å². The van der Waals surface area contributed by atoms with Gasteiger partial charge in [-0.25, -0.2) is 4.98 Å². The van der Waals surface area contributed by atoms with Crippen molar-refractivity contribution in [2.45, 2.75) is 6.42 Å². The Morgan fingerprint density at radius 3 is 2.50 bits per heavy atom. The molecule has 4 rings (SSSR count). The van der Waals surface area contributed by atoms with Crippen LogP contribution in [0, 0.1) is 0 Å². The Balaban J connectivity index is 0.00000121. The van der Waals surface area contributed by atoms with Crippen LogP contribution in [-0.2, 0) is 6.42 Å². The fourth-order valence-electron chi connectivity index (χ4n) is 3.01. The normalized spacial score (nSPS) is 10.2. The molecular weight excluding hydrogens is 373 g/mol. The molecule has 2 aromatic carbocycles. The Bertz CT molecular complexity index is 1030. The number of fused-ring (bicyclic) bond motifs is 2. The monoisotopic (exact) mass is 391 g/mol. The minimum atomic E-state index is 0. The molecule has 4 aromatic rings. The van der Waals surface area contributed by atoms with E-state index >= 15 is 0 Å². The molecule has 0 saturated heterocycles. The summed E-state index contributed by atoms with van der Waals surface area (Å²) in [4.78, 5) is 11.8. The van der Waals surface area contributed by atoms with E-state index in [0.717, 1.165) is 39.5 Å². The zero-order valence-electron chi connectivity index (χ0n) is 14.4. The third-order valence-electron chi connectivity index (χ3n) is 4.22. The van der Waals surface area contributed by atoms with Gasteiger partial charge in [-0.2, -0.15) is 0 Å². The van der Waals surface area contributed by atoms with Crippen LogP contribution in [0.5, 0.6) is 11.5 Å². The predicted octanol–water partition coefficient (Wildman–Crippen LogP) is 4.56. The molecule has 0 aliphatic rings. The van der Waals surface area contributed by atoms with Crippen LogP contribution < -0.4 is 9.47 Å². The van der Waals surface area contributed by atoms with Gasteiger partial charge in [0.25, 0.3) is 0 Å². The van der Waals surface area contributed by atoms with Crippen molar-refractivity contribution in [3.05, 3.63) is 60.2 Å². The van der Waals surface area contributed by atoms with Crippen molar-refractivity contribution in [3.63, 3.8) is 0 Å². The van der Waals surface area contributed by atoms with Crippen LogP contribution in [0.2, 0.25) is 0 Å². The number of hydrogen-bond acceptors (Lipinski definition) is 4. The van der Waals surface area contributed by atoms with E-state index in [-0.39, 0.29) is 24.8 Å². The van der Waals surface area contributed by atoms with Gasteiger partial charge in [-0.1, -0.05) is 6.07 Å². The average molecular weight is 392 g/mol. The maximum absolute atomic E-state index is 5.44. The molecule has 2 aromatic heterocycles. The fourth-order valence-corrected chi connectivity index (χ4v) is 3.01. The number of ether oxygens (including phenoxy) is 2. The lowest BCUT2D eigenvalue weighted by atomic mass is 10.00. The van der Waals surface area contributed by atoms with Crippen molar-refractivity contribution in [3.8, 4) is 11.5 Å². The highest BCUT2D eigenvalue weighted by atomic mass is 35.5. The molecule has 0 bridgehead atoms. The van der Waals surface area contributed by atoms with Crippen molar-refractivity contribution in [1.29, 1.82) is 0 Å². The molecule has 1 N–H and O–H groups in total. The first kappa shape index (κ1) is 19.8. The number of hydrogen-bond donors (Lipinski definition) is 1. The molecule has 2 heterocycles. The second kappa shape index (κ2) is 8.25. The third kappa shape index (κ3) is 3.54. The van der Waals surface area contributed by atoms with Crippen LogP contribution in [-0.4, -0.2) is 29.2 Å². The van der Waals surface area contributed by atoms with Gasteiger partial charge in [0, 0.05) is 17.8 Å². The maximum Gasteiger partial charge on any atom is 0.161 e. The highest BCUT2D eigenvalue weighted by Crippen LogP contribution is 2.33. The lowest BCUT2D eigenvalue weighted by Crippen LogP contribution is -1.95. The summed E-state index contributed by atoms with van der Waals surface area (Å²) in [5.74, 6) is 1.43. The molecule has 0 fully saturated rings. The molecule has 0 atom stereocenters. The summed E-state index contributed by atoms with van der Waals surface area (Å²) >= 11 is 0. The molecule has 26 heavy (non-hydrogen) atoms. The van der Waals surface area contributed by atoms with E-state index in [9.17, 15) is 0 Å². The molecule has 0 amide bonds. The molecule has 136 valence electrons. The van der Waals surface area contributed by atoms with Gasteiger partial charge in [0.2, 0.25) is 0 Å². The van der Waals surface area contributed by atoms with E-state index in [4.69, 9.17) is 9.47 Å². The van der Waals surface area contributed by atoms with Crippen LogP contribution in [0.1, 0.15) is 11.1 Å². The second-order valence-electron chi connectivity index (χ2n) is 5.66. The van der Waals surface area contributed by atoms with Gasteiger partial charge in [-0.3, -0.25) is 4.98 Å². The number of nitrogens with one attached hydrogen (secondary N) is 1. The minimum Gasteiger partial charge on any atom is -0.493 e. The molecule has 0 unspecified atom stereocenters. The summed E-state index contributed by atoms with van der Waals surface area (Å²) in [5.41, 5.74) is 4.37. The standard InChI is InChI=1S/C19H17N3O2.2ClH/c1-23-18-7-14-10-20-9-13(15(14)8-19(18)24-2)5-12-3-4-16-17(6-12)22-11-21-16;;/h3-4,6-11H,5H2,1-2H3,(H,21,22);2*1H. The van der Waals surface area contributed by atoms with Gasteiger partial charge >= 0.3 is 0 Å². The number of nitrogens with zero attached hydrogens (tertiary/aromatic N) is 2. The second-order valence-corrected chi connectivity index (χ2v) is 5.66. The molecule has 0 saturated carbocycles. The quantitative estimate of drug-likeness (QED) is 0.553. The van der Waals surface area contributed by atoms with E-state index in [1.165, 1.54) is 5.56 Å². The third-order valence-corrected chi connectivity index (χ3v) is 4.22. The smallest absolute Gasteiger partial charge is 0.161 e. The first-order chi connectivity index (χ1) is 11.8. The average Bonchev–Trinajstić information content (AvgIpc) is 3.08. The molecule has 0 aliphatic carbocycles. The van der Waals surface area contributed by atoms with E-state index in [0.29, 0.717) is 5.75 Å². The first-order valence-electron chi connectivity index (χ1n) is 7.69. The van der Waals surface area contributed by atoms with Crippen molar-refractivity contribution >= 4 is 46.6 Å². The highest BCUT2D eigenvalue weighted by molar-refractivity contribution is 5.88. The number of benzene rings is 2. The van der Waals surface area contributed by atoms with E-state index in [1.54, 1.807) is 20.5 Å². The Labute approximate surface area is 163 Å². The van der Waals surface area contributed by atoms with Gasteiger partial charge in [0.15, 0.2) is 11.5 Å². The number of aromatic nitrogens is 3. The van der Waals surface area contributed by atoms with E-state index in [1.807, 2.05) is 30.6 Å². The van der Waals surface area contributed by atoms with Gasteiger partial charge in [0.05, 0.1) is 31.6 Å². The summed E-state index contributed by atoms with van der Waals surface area (Å²) in [6.07, 6.45) is 6.25. The van der Waals surface area contributed by atoms with Gasteiger partial charge in [0.1, 0.15) is 0 Å². The Kier molecular flexibility index (Phi) is 6.29. The first-order valence-corrected chi connectivity index (χ1v) is 7.69. The Morgan fingerprint density at radius 2 is 1.73 bits per heavy atom. The van der Waals surface area contributed by atoms with Gasteiger partial charge in [-0.15, -0.1) is 24.8 Å². The minimum absolute atomic E-state index is 0. The SMILES string of the molecule is COc1cc2cncc(Cc3ccc4nc[nH]c4c3)c2cc1OC.Cl.Cl. The number of rotatable bonds is 4. The largest absolute Gasteiger partial charge is 0.493 e. The van der Waals surface area contributed by atoms with E-state index < -0.39 is 0 Å². The van der Waals surface area contributed by atoms with Crippen LogP contribution in [0.25, 0.3) is 21.8 Å². The molecular formula is C19H19Cl2N3O2. The maximum atomic E-state index is 5.44. The van der Waals surface area contributed by atoms with Crippen molar-refractivity contribution in [1.82, 2.24) is 15.0 Å². The van der Waals surface area contributed by atoms with E-state index in [2.05, 4.69) is 27.1 Å². The summed E-state index contributed by atoms with van der Waals surface area (Å²) in [6.45, 7) is 0. The number of pyridine rings is 1. The van der Waals surface area contributed by atoms with Gasteiger partial charge in [-0.05, 0) is 47.2 Å². The number of aromatic amines is 1. The lowest BCUT2D eigenvalue weighted by molar-refractivity contribution is 0.356. The summed E-state index contributed by atoms with van der Waals surface area (Å²) < 4.78 is 10.8. The van der Waals surface area contributed by atoms with Gasteiger partial charge < -0.3 is 14.5 Å². The van der Waals surface area contributed by atoms with Crippen molar-refractivity contribution in [2.75, 3.05) is 14.2 Å². The molecule has 5 nitrogen and oxygen atoms in total. The predicted molar refractivity (Wildman–Crippen MR) is 108 cm³/mol. The number of H-pyrrole nitrogens is 1. The zero-order valence-corrected chi connectivity index (χ0v) is 16.0. The van der Waals surface area contributed by atoms with Crippen molar-refractivity contribution in [2.24, 2.45) is 0 Å². The number of methoxy groups -OCH3 is 2. The van der Waals surface area contributed by atoms with Crippen LogP contribution in [0.4, 0.5) is 0 Å². The van der Waals surface area contributed by atoms with Crippen LogP contribution in [0.3, 0.4) is 0 Å².